The first-order valence-corrected chi connectivity index (χ1v) is 9.58. The summed E-state index contributed by atoms with van der Waals surface area (Å²) in [6.07, 6.45) is 1.18. The van der Waals surface area contributed by atoms with E-state index < -0.39 is 0 Å². The highest BCUT2D eigenvalue weighted by atomic mass is 35.5. The molecule has 0 atom stereocenters. The van der Waals surface area contributed by atoms with E-state index in [2.05, 4.69) is 17.2 Å². The summed E-state index contributed by atoms with van der Waals surface area (Å²) in [5, 5.41) is 6.31. The highest BCUT2D eigenvalue weighted by molar-refractivity contribution is 7.09. The van der Waals surface area contributed by atoms with E-state index in [0.29, 0.717) is 11.6 Å². The first kappa shape index (κ1) is 18.4. The summed E-state index contributed by atoms with van der Waals surface area (Å²) < 4.78 is 5.68. The molecule has 0 radical (unpaired) electrons. The molecule has 0 saturated carbocycles. The van der Waals surface area contributed by atoms with E-state index in [9.17, 15) is 4.79 Å². The number of hydrogen-bond acceptors (Lipinski definition) is 4. The molecule has 6 heteroatoms. The van der Waals surface area contributed by atoms with Gasteiger partial charge in [-0.3, -0.25) is 4.79 Å². The zero-order chi connectivity index (χ0) is 18.4. The Labute approximate surface area is 161 Å². The van der Waals surface area contributed by atoms with Gasteiger partial charge < -0.3 is 10.1 Å². The maximum absolute atomic E-state index is 12.2. The number of rotatable bonds is 7. The molecule has 0 saturated heterocycles. The van der Waals surface area contributed by atoms with Crippen LogP contribution in [0.1, 0.15) is 23.2 Å². The van der Waals surface area contributed by atoms with Crippen molar-refractivity contribution < 1.29 is 9.53 Å². The monoisotopic (exact) mass is 386 g/mol. The summed E-state index contributed by atoms with van der Waals surface area (Å²) in [6, 6.07) is 15.1. The molecule has 4 nitrogen and oxygen atoms in total. The van der Waals surface area contributed by atoms with Crippen LogP contribution in [0.5, 0.6) is 5.75 Å². The van der Waals surface area contributed by atoms with Crippen LogP contribution in [0.2, 0.25) is 5.02 Å². The average Bonchev–Trinajstić information content (AvgIpc) is 3.08. The molecule has 0 aliphatic heterocycles. The zero-order valence-electron chi connectivity index (χ0n) is 14.4. The molecule has 0 bridgehead atoms. The second-order valence-corrected chi connectivity index (χ2v) is 7.13. The number of benzene rings is 2. The van der Waals surface area contributed by atoms with Crippen LogP contribution < -0.4 is 10.1 Å². The quantitative estimate of drug-likeness (QED) is 0.613. The Balaban J connectivity index is 1.52. The van der Waals surface area contributed by atoms with Gasteiger partial charge in [-0.1, -0.05) is 30.7 Å². The van der Waals surface area contributed by atoms with Gasteiger partial charge in [0.1, 0.15) is 17.4 Å². The molecule has 0 aliphatic carbocycles. The van der Waals surface area contributed by atoms with Crippen molar-refractivity contribution in [2.24, 2.45) is 0 Å². The lowest BCUT2D eigenvalue weighted by Crippen LogP contribution is -2.14. The van der Waals surface area contributed by atoms with Crippen LogP contribution in [0.25, 0.3) is 0 Å². The maximum Gasteiger partial charge on any atom is 0.230 e. The third kappa shape index (κ3) is 5.31. The van der Waals surface area contributed by atoms with Gasteiger partial charge in [0.2, 0.25) is 5.91 Å². The maximum atomic E-state index is 12.2. The van der Waals surface area contributed by atoms with Crippen LogP contribution in [0.3, 0.4) is 0 Å². The van der Waals surface area contributed by atoms with Crippen molar-refractivity contribution in [3.63, 3.8) is 0 Å². The fourth-order valence-corrected chi connectivity index (χ4v) is 3.24. The third-order valence-electron chi connectivity index (χ3n) is 3.74. The Hall–Kier alpha value is -2.37. The number of aryl methyl sites for hydroxylation is 1. The molecule has 1 amide bonds. The molecule has 0 spiro atoms. The smallest absolute Gasteiger partial charge is 0.230 e. The molecule has 2 aromatic carbocycles. The molecule has 0 aliphatic rings. The lowest BCUT2D eigenvalue weighted by Gasteiger charge is -2.06. The van der Waals surface area contributed by atoms with E-state index in [4.69, 9.17) is 16.3 Å². The van der Waals surface area contributed by atoms with Gasteiger partial charge in [0.05, 0.1) is 12.1 Å². The molecular weight excluding hydrogens is 368 g/mol. The van der Waals surface area contributed by atoms with E-state index >= 15 is 0 Å². The number of hydrogen-bond donors (Lipinski definition) is 1. The number of anilines is 1. The number of nitrogens with one attached hydrogen (secondary N) is 1. The van der Waals surface area contributed by atoms with Crippen molar-refractivity contribution in [3.8, 4) is 5.75 Å². The van der Waals surface area contributed by atoms with Gasteiger partial charge in [0.25, 0.3) is 0 Å². The summed E-state index contributed by atoms with van der Waals surface area (Å²) in [5.41, 5.74) is 2.75. The highest BCUT2D eigenvalue weighted by Gasteiger charge is 2.09. The average molecular weight is 387 g/mol. The molecule has 1 N–H and O–H groups in total. The minimum absolute atomic E-state index is 0.0753. The topological polar surface area (TPSA) is 51.2 Å². The second-order valence-electron chi connectivity index (χ2n) is 5.75. The summed E-state index contributed by atoms with van der Waals surface area (Å²) >= 11 is 7.34. The first-order valence-electron chi connectivity index (χ1n) is 8.33. The Morgan fingerprint density at radius 3 is 2.81 bits per heavy atom. The number of amides is 1. The Morgan fingerprint density at radius 1 is 1.23 bits per heavy atom. The van der Waals surface area contributed by atoms with Crippen molar-refractivity contribution in [1.29, 1.82) is 0 Å². The lowest BCUT2D eigenvalue weighted by atomic mass is 10.1. The number of aromatic nitrogens is 1. The van der Waals surface area contributed by atoms with Gasteiger partial charge in [-0.25, -0.2) is 4.98 Å². The Kier molecular flexibility index (Phi) is 6.26. The summed E-state index contributed by atoms with van der Waals surface area (Å²) in [4.78, 5) is 16.7. The van der Waals surface area contributed by atoms with Crippen molar-refractivity contribution in [2.75, 3.05) is 5.32 Å². The van der Waals surface area contributed by atoms with Gasteiger partial charge in [-0.2, -0.15) is 0 Å². The SMILES string of the molecule is CCc1cccc(NC(=O)Cc2csc(COc3ccc(Cl)cc3)n2)c1. The molecule has 26 heavy (non-hydrogen) atoms. The normalized spacial score (nSPS) is 10.5. The summed E-state index contributed by atoms with van der Waals surface area (Å²) in [7, 11) is 0. The molecular formula is C20H19ClN2O2S. The Morgan fingerprint density at radius 2 is 2.04 bits per heavy atom. The fourth-order valence-electron chi connectivity index (χ4n) is 2.41. The minimum atomic E-state index is -0.0753. The van der Waals surface area contributed by atoms with E-state index in [1.54, 1.807) is 12.1 Å². The van der Waals surface area contributed by atoms with Crippen LogP contribution in [-0.4, -0.2) is 10.9 Å². The standard InChI is InChI=1S/C20H19ClN2O2S/c1-2-14-4-3-5-16(10-14)22-19(24)11-17-13-26-20(23-17)12-25-18-8-6-15(21)7-9-18/h3-10,13H,2,11-12H2,1H3,(H,22,24). The third-order valence-corrected chi connectivity index (χ3v) is 4.86. The number of carbonyl (C=O) groups is 1. The van der Waals surface area contributed by atoms with E-state index in [1.807, 2.05) is 41.8 Å². The summed E-state index contributed by atoms with van der Waals surface area (Å²) in [6.45, 7) is 2.45. The molecule has 0 unspecified atom stereocenters. The molecule has 3 rings (SSSR count). The predicted molar refractivity (Wildman–Crippen MR) is 106 cm³/mol. The predicted octanol–water partition coefficient (Wildman–Crippen LogP) is 5.12. The van der Waals surface area contributed by atoms with Gasteiger partial charge in [0.15, 0.2) is 0 Å². The molecule has 1 aromatic heterocycles. The molecule has 134 valence electrons. The largest absolute Gasteiger partial charge is 0.486 e. The Bertz CT molecular complexity index is 878. The van der Waals surface area contributed by atoms with E-state index in [-0.39, 0.29) is 12.3 Å². The minimum Gasteiger partial charge on any atom is -0.486 e. The lowest BCUT2D eigenvalue weighted by molar-refractivity contribution is -0.115. The number of carbonyl (C=O) groups excluding carboxylic acids is 1. The fraction of sp³-hybridized carbons (Fsp3) is 0.200. The van der Waals surface area contributed by atoms with Gasteiger partial charge >= 0.3 is 0 Å². The van der Waals surface area contributed by atoms with Crippen LogP contribution in [0.15, 0.2) is 53.9 Å². The zero-order valence-corrected chi connectivity index (χ0v) is 15.9. The van der Waals surface area contributed by atoms with Gasteiger partial charge in [-0.05, 0) is 48.4 Å². The second kappa shape index (κ2) is 8.83. The molecule has 3 aromatic rings. The van der Waals surface area contributed by atoms with Crippen LogP contribution in [0, 0.1) is 0 Å². The van der Waals surface area contributed by atoms with Crippen LogP contribution >= 0.6 is 22.9 Å². The van der Waals surface area contributed by atoms with Crippen molar-refractivity contribution in [3.05, 3.63) is 75.2 Å². The van der Waals surface area contributed by atoms with Gasteiger partial charge in [-0.15, -0.1) is 11.3 Å². The number of thiazole rings is 1. The number of nitrogens with zero attached hydrogens (tertiary/aromatic N) is 1. The van der Waals surface area contributed by atoms with Crippen molar-refractivity contribution >= 4 is 34.5 Å². The van der Waals surface area contributed by atoms with E-state index in [1.165, 1.54) is 16.9 Å². The van der Waals surface area contributed by atoms with Gasteiger partial charge in [0, 0.05) is 16.1 Å². The highest BCUT2D eigenvalue weighted by Crippen LogP contribution is 2.19. The summed E-state index contributed by atoms with van der Waals surface area (Å²) in [5.74, 6) is 0.661. The van der Waals surface area contributed by atoms with Crippen molar-refractivity contribution in [2.45, 2.75) is 26.4 Å². The van der Waals surface area contributed by atoms with E-state index in [0.717, 1.165) is 28.6 Å². The van der Waals surface area contributed by atoms with Crippen molar-refractivity contribution in [1.82, 2.24) is 4.98 Å². The van der Waals surface area contributed by atoms with Crippen LogP contribution in [-0.2, 0) is 24.2 Å². The number of halogens is 1. The molecule has 0 fully saturated rings. The van der Waals surface area contributed by atoms with Crippen LogP contribution in [0.4, 0.5) is 5.69 Å². The molecule has 1 heterocycles. The first-order chi connectivity index (χ1) is 12.6. The number of ether oxygens (including phenoxy) is 1.